The van der Waals surface area contributed by atoms with Crippen molar-refractivity contribution in [3.8, 4) is 22.9 Å². The molecule has 5 aromatic rings. The number of aromatic nitrogens is 2. The SMILES string of the molecule is CCc1c(CC(=O)Cc2ccc(C)cc2)ccc2nc(-c3ccco3)c(-c3ccco3)nc12. The third-order valence-corrected chi connectivity index (χ3v) is 5.81. The standard InChI is InChI=1S/C28H24N2O3/c1-3-22-20(17-21(31)16-19-10-8-18(2)9-11-19)12-13-23-26(22)30-28(25-7-5-15-33-25)27(29-23)24-6-4-14-32-24/h4-15H,3,16-17H2,1-2H3. The van der Waals surface area contributed by atoms with E-state index in [0.29, 0.717) is 35.7 Å². The Kier molecular flexibility index (Phi) is 5.61. The fraction of sp³-hybridized carbons (Fsp3) is 0.179. The molecule has 5 heteroatoms. The van der Waals surface area contributed by atoms with E-state index < -0.39 is 0 Å². The van der Waals surface area contributed by atoms with Crippen LogP contribution in [0.2, 0.25) is 0 Å². The molecule has 0 saturated heterocycles. The van der Waals surface area contributed by atoms with Gasteiger partial charge in [-0.1, -0.05) is 42.8 Å². The minimum Gasteiger partial charge on any atom is -0.463 e. The fourth-order valence-corrected chi connectivity index (χ4v) is 4.16. The molecule has 0 aliphatic carbocycles. The second kappa shape index (κ2) is 8.87. The third-order valence-electron chi connectivity index (χ3n) is 5.81. The van der Waals surface area contributed by atoms with Gasteiger partial charge in [0.2, 0.25) is 0 Å². The molecule has 0 bridgehead atoms. The number of hydrogen-bond acceptors (Lipinski definition) is 5. The number of furan rings is 2. The Morgan fingerprint density at radius 3 is 2.09 bits per heavy atom. The summed E-state index contributed by atoms with van der Waals surface area (Å²) in [6, 6.07) is 19.4. The summed E-state index contributed by atoms with van der Waals surface area (Å²) in [5.41, 5.74) is 7.07. The molecule has 0 aliphatic rings. The van der Waals surface area contributed by atoms with E-state index in [-0.39, 0.29) is 5.78 Å². The first-order chi connectivity index (χ1) is 16.1. The first-order valence-electron chi connectivity index (χ1n) is 11.1. The minimum atomic E-state index is 0.180. The van der Waals surface area contributed by atoms with E-state index in [1.54, 1.807) is 12.5 Å². The van der Waals surface area contributed by atoms with Gasteiger partial charge < -0.3 is 8.83 Å². The first kappa shape index (κ1) is 20.9. The number of rotatable bonds is 7. The van der Waals surface area contributed by atoms with Gasteiger partial charge >= 0.3 is 0 Å². The molecule has 3 aromatic heterocycles. The van der Waals surface area contributed by atoms with Gasteiger partial charge in [-0.2, -0.15) is 0 Å². The molecule has 0 saturated carbocycles. The highest BCUT2D eigenvalue weighted by atomic mass is 16.3. The smallest absolute Gasteiger partial charge is 0.154 e. The Bertz CT molecular complexity index is 1400. The van der Waals surface area contributed by atoms with Crippen molar-refractivity contribution in [3.05, 3.63) is 95.4 Å². The number of carbonyl (C=O) groups is 1. The Balaban J connectivity index is 1.55. The summed E-state index contributed by atoms with van der Waals surface area (Å²) in [6.45, 7) is 4.13. The van der Waals surface area contributed by atoms with Crippen LogP contribution in [0, 0.1) is 6.92 Å². The lowest BCUT2D eigenvalue weighted by Crippen LogP contribution is -2.09. The van der Waals surface area contributed by atoms with Crippen molar-refractivity contribution in [1.29, 1.82) is 0 Å². The van der Waals surface area contributed by atoms with Crippen molar-refractivity contribution < 1.29 is 13.6 Å². The lowest BCUT2D eigenvalue weighted by Gasteiger charge is -2.13. The first-order valence-corrected chi connectivity index (χ1v) is 11.1. The van der Waals surface area contributed by atoms with Crippen LogP contribution in [0.25, 0.3) is 33.9 Å². The largest absolute Gasteiger partial charge is 0.463 e. The van der Waals surface area contributed by atoms with Crippen LogP contribution < -0.4 is 0 Å². The maximum atomic E-state index is 12.9. The maximum absolute atomic E-state index is 12.9. The topological polar surface area (TPSA) is 69.1 Å². The zero-order valence-electron chi connectivity index (χ0n) is 18.7. The zero-order valence-corrected chi connectivity index (χ0v) is 18.7. The van der Waals surface area contributed by atoms with Crippen LogP contribution in [0.5, 0.6) is 0 Å². The molecule has 3 heterocycles. The molecule has 0 radical (unpaired) electrons. The highest BCUT2D eigenvalue weighted by molar-refractivity contribution is 5.89. The molecule has 5 nitrogen and oxygen atoms in total. The molecular formula is C28H24N2O3. The average molecular weight is 437 g/mol. The van der Waals surface area contributed by atoms with Crippen LogP contribution in [0.15, 0.2) is 82.0 Å². The highest BCUT2D eigenvalue weighted by Crippen LogP contribution is 2.33. The van der Waals surface area contributed by atoms with Gasteiger partial charge in [0.25, 0.3) is 0 Å². The van der Waals surface area contributed by atoms with E-state index in [9.17, 15) is 4.79 Å². The van der Waals surface area contributed by atoms with Crippen molar-refractivity contribution in [3.63, 3.8) is 0 Å². The van der Waals surface area contributed by atoms with Gasteiger partial charge in [-0.05, 0) is 60.4 Å². The van der Waals surface area contributed by atoms with Gasteiger partial charge in [-0.3, -0.25) is 4.79 Å². The molecule has 0 aliphatic heterocycles. The van der Waals surface area contributed by atoms with Gasteiger partial charge in [0.1, 0.15) is 17.2 Å². The molecule has 0 fully saturated rings. The van der Waals surface area contributed by atoms with E-state index in [1.165, 1.54) is 5.56 Å². The van der Waals surface area contributed by atoms with E-state index in [4.69, 9.17) is 18.8 Å². The molecular weight excluding hydrogens is 412 g/mol. The quantitative estimate of drug-likeness (QED) is 0.296. The summed E-state index contributed by atoms with van der Waals surface area (Å²) in [7, 11) is 0. The number of benzene rings is 2. The van der Waals surface area contributed by atoms with Crippen LogP contribution >= 0.6 is 0 Å². The van der Waals surface area contributed by atoms with Crippen molar-refractivity contribution in [1.82, 2.24) is 9.97 Å². The number of ketones is 1. The molecule has 33 heavy (non-hydrogen) atoms. The molecule has 0 N–H and O–H groups in total. The second-order valence-electron chi connectivity index (χ2n) is 8.18. The van der Waals surface area contributed by atoms with Gasteiger partial charge in [-0.25, -0.2) is 9.97 Å². The maximum Gasteiger partial charge on any atom is 0.154 e. The number of Topliss-reactive ketones (excluding diaryl/α,β-unsaturated/α-hetero) is 1. The summed E-state index contributed by atoms with van der Waals surface area (Å²) < 4.78 is 11.3. The molecule has 0 spiro atoms. The van der Waals surface area contributed by atoms with Crippen LogP contribution in [0.4, 0.5) is 0 Å². The predicted molar refractivity (Wildman–Crippen MR) is 128 cm³/mol. The van der Waals surface area contributed by atoms with E-state index in [1.807, 2.05) is 67.6 Å². The predicted octanol–water partition coefficient (Wildman–Crippen LogP) is 6.37. The minimum absolute atomic E-state index is 0.180. The van der Waals surface area contributed by atoms with Gasteiger partial charge in [0.15, 0.2) is 11.5 Å². The van der Waals surface area contributed by atoms with Gasteiger partial charge in [0, 0.05) is 12.8 Å². The molecule has 0 amide bonds. The number of hydrogen-bond donors (Lipinski definition) is 0. The number of fused-ring (bicyclic) bond motifs is 1. The Morgan fingerprint density at radius 1 is 0.818 bits per heavy atom. The molecule has 2 aromatic carbocycles. The molecule has 5 rings (SSSR count). The fourth-order valence-electron chi connectivity index (χ4n) is 4.16. The Morgan fingerprint density at radius 2 is 1.48 bits per heavy atom. The molecule has 0 atom stereocenters. The van der Waals surface area contributed by atoms with Crippen LogP contribution in [-0.2, 0) is 24.1 Å². The summed E-state index contributed by atoms with van der Waals surface area (Å²) in [5, 5.41) is 0. The van der Waals surface area contributed by atoms with Crippen molar-refractivity contribution in [2.45, 2.75) is 33.1 Å². The van der Waals surface area contributed by atoms with E-state index >= 15 is 0 Å². The highest BCUT2D eigenvalue weighted by Gasteiger charge is 2.20. The zero-order chi connectivity index (χ0) is 22.8. The van der Waals surface area contributed by atoms with Gasteiger partial charge in [0.05, 0.1) is 23.6 Å². The van der Waals surface area contributed by atoms with Crippen LogP contribution in [-0.4, -0.2) is 15.8 Å². The summed E-state index contributed by atoms with van der Waals surface area (Å²) in [5.74, 6) is 1.43. The lowest BCUT2D eigenvalue weighted by molar-refractivity contribution is -0.117. The summed E-state index contributed by atoms with van der Waals surface area (Å²) in [6.07, 6.45) is 4.77. The monoisotopic (exact) mass is 436 g/mol. The van der Waals surface area contributed by atoms with Crippen LogP contribution in [0.3, 0.4) is 0 Å². The third kappa shape index (κ3) is 4.22. The van der Waals surface area contributed by atoms with Crippen molar-refractivity contribution in [2.24, 2.45) is 0 Å². The second-order valence-corrected chi connectivity index (χ2v) is 8.18. The van der Waals surface area contributed by atoms with E-state index in [0.717, 1.165) is 34.1 Å². The van der Waals surface area contributed by atoms with Crippen molar-refractivity contribution >= 4 is 16.8 Å². The Hall–Kier alpha value is -3.99. The van der Waals surface area contributed by atoms with Crippen LogP contribution in [0.1, 0.15) is 29.2 Å². The summed E-state index contributed by atoms with van der Waals surface area (Å²) >= 11 is 0. The molecule has 164 valence electrons. The normalized spacial score (nSPS) is 11.2. The van der Waals surface area contributed by atoms with Gasteiger partial charge in [-0.15, -0.1) is 0 Å². The number of carbonyl (C=O) groups excluding carboxylic acids is 1. The number of nitrogens with zero attached hydrogens (tertiary/aromatic N) is 2. The van der Waals surface area contributed by atoms with E-state index in [2.05, 4.69) is 6.92 Å². The molecule has 0 unspecified atom stereocenters. The lowest BCUT2D eigenvalue weighted by atomic mass is 9.96. The average Bonchev–Trinajstić information content (AvgIpc) is 3.54. The number of aryl methyl sites for hydroxylation is 2. The summed E-state index contributed by atoms with van der Waals surface area (Å²) in [4.78, 5) is 22.7. The van der Waals surface area contributed by atoms with Crippen molar-refractivity contribution in [2.75, 3.05) is 0 Å². The Labute approximate surface area is 192 Å².